The van der Waals surface area contributed by atoms with Crippen LogP contribution in [0.5, 0.6) is 0 Å². The van der Waals surface area contributed by atoms with Crippen LogP contribution in [0.2, 0.25) is 0 Å². The van der Waals surface area contributed by atoms with E-state index in [1.54, 1.807) is 11.3 Å². The Hall–Kier alpha value is -2.33. The van der Waals surface area contributed by atoms with Crippen molar-refractivity contribution in [2.75, 3.05) is 39.3 Å². The van der Waals surface area contributed by atoms with Crippen molar-refractivity contribution < 1.29 is 9.52 Å². The van der Waals surface area contributed by atoms with Gasteiger partial charge in [-0.15, -0.1) is 10.2 Å². The summed E-state index contributed by atoms with van der Waals surface area (Å²) in [6.45, 7) is 7.34. The van der Waals surface area contributed by atoms with Crippen LogP contribution >= 0.6 is 11.3 Å². The second-order valence-corrected chi connectivity index (χ2v) is 8.09. The Bertz CT molecular complexity index is 1110. The van der Waals surface area contributed by atoms with E-state index in [0.29, 0.717) is 18.3 Å². The summed E-state index contributed by atoms with van der Waals surface area (Å²) in [7, 11) is 0. The van der Waals surface area contributed by atoms with Crippen LogP contribution in [0.15, 0.2) is 28.7 Å². The molecule has 0 amide bonds. The number of aliphatic hydroxyl groups excluding tert-OH is 1. The van der Waals surface area contributed by atoms with Gasteiger partial charge >= 0.3 is 0 Å². The van der Waals surface area contributed by atoms with Crippen molar-refractivity contribution in [1.82, 2.24) is 29.4 Å². The lowest BCUT2D eigenvalue weighted by atomic mass is 10.3. The van der Waals surface area contributed by atoms with Crippen molar-refractivity contribution in [3.05, 3.63) is 35.9 Å². The molecule has 1 aliphatic rings. The number of thiazole rings is 1. The first-order valence-corrected chi connectivity index (χ1v) is 10.3. The number of benzene rings is 1. The topological polar surface area (TPSA) is 82.9 Å². The van der Waals surface area contributed by atoms with Crippen molar-refractivity contribution in [2.24, 2.45) is 0 Å². The fourth-order valence-electron chi connectivity index (χ4n) is 3.79. The van der Waals surface area contributed by atoms with E-state index in [-0.39, 0.29) is 6.61 Å². The fourth-order valence-corrected chi connectivity index (χ4v) is 4.86. The second-order valence-electron chi connectivity index (χ2n) is 7.08. The number of aromatic nitrogens is 4. The molecular weight excluding hydrogens is 376 g/mol. The largest absolute Gasteiger partial charge is 0.418 e. The molecule has 3 aromatic heterocycles. The Morgan fingerprint density at radius 3 is 2.71 bits per heavy atom. The minimum atomic E-state index is 0.212. The quantitative estimate of drug-likeness (QED) is 0.551. The van der Waals surface area contributed by atoms with Crippen LogP contribution in [0.3, 0.4) is 0 Å². The summed E-state index contributed by atoms with van der Waals surface area (Å²) in [5, 5.41) is 17.7. The first-order chi connectivity index (χ1) is 13.7. The van der Waals surface area contributed by atoms with Gasteiger partial charge in [0.25, 0.3) is 5.89 Å². The fraction of sp³-hybridized carbons (Fsp3) is 0.421. The van der Waals surface area contributed by atoms with Crippen LogP contribution in [0.4, 0.5) is 0 Å². The standard InChI is InChI=1S/C19H22N6O2S/c1-13-17(25-14-4-2-3-5-15(14)28-19(25)20-13)18-22-21-16(27-18)12-24-8-6-23(7-9-24)10-11-26/h2-5,26H,6-12H2,1H3. The first-order valence-electron chi connectivity index (χ1n) is 9.48. The lowest BCUT2D eigenvalue weighted by Gasteiger charge is -2.33. The highest BCUT2D eigenvalue weighted by atomic mass is 32.1. The molecule has 0 aliphatic carbocycles. The molecule has 0 atom stereocenters. The van der Waals surface area contributed by atoms with Gasteiger partial charge in [0.05, 0.1) is 29.1 Å². The molecule has 4 aromatic rings. The van der Waals surface area contributed by atoms with Crippen molar-refractivity contribution in [3.63, 3.8) is 0 Å². The Labute approximate surface area is 166 Å². The zero-order chi connectivity index (χ0) is 19.1. The summed E-state index contributed by atoms with van der Waals surface area (Å²) >= 11 is 1.66. The van der Waals surface area contributed by atoms with Gasteiger partial charge in [0.1, 0.15) is 5.69 Å². The Morgan fingerprint density at radius 1 is 1.11 bits per heavy atom. The Morgan fingerprint density at radius 2 is 1.89 bits per heavy atom. The van der Waals surface area contributed by atoms with Gasteiger partial charge in [0.2, 0.25) is 5.89 Å². The maximum atomic E-state index is 9.07. The zero-order valence-electron chi connectivity index (χ0n) is 15.7. The van der Waals surface area contributed by atoms with Crippen molar-refractivity contribution in [2.45, 2.75) is 13.5 Å². The number of para-hydroxylation sites is 1. The van der Waals surface area contributed by atoms with Gasteiger partial charge in [0.15, 0.2) is 4.96 Å². The van der Waals surface area contributed by atoms with Crippen molar-refractivity contribution >= 4 is 26.5 Å². The van der Waals surface area contributed by atoms with E-state index in [1.807, 2.05) is 19.1 Å². The van der Waals surface area contributed by atoms with Crippen molar-refractivity contribution in [3.8, 4) is 11.6 Å². The number of nitrogens with zero attached hydrogens (tertiary/aromatic N) is 6. The van der Waals surface area contributed by atoms with Gasteiger partial charge in [-0.3, -0.25) is 14.2 Å². The molecule has 4 heterocycles. The number of hydrogen-bond acceptors (Lipinski definition) is 8. The highest BCUT2D eigenvalue weighted by Crippen LogP contribution is 2.33. The van der Waals surface area contributed by atoms with Gasteiger partial charge in [-0.05, 0) is 19.1 Å². The number of aryl methyl sites for hydroxylation is 1. The summed E-state index contributed by atoms with van der Waals surface area (Å²) in [6.07, 6.45) is 0. The molecule has 1 N–H and O–H groups in total. The number of hydrogen-bond donors (Lipinski definition) is 1. The summed E-state index contributed by atoms with van der Waals surface area (Å²) in [5.41, 5.74) is 2.88. The lowest BCUT2D eigenvalue weighted by Crippen LogP contribution is -2.46. The monoisotopic (exact) mass is 398 g/mol. The number of piperazine rings is 1. The van der Waals surface area contributed by atoms with Crippen LogP contribution in [-0.4, -0.2) is 73.8 Å². The van der Waals surface area contributed by atoms with Crippen LogP contribution in [0, 0.1) is 6.92 Å². The Kier molecular flexibility index (Phi) is 4.59. The molecule has 28 heavy (non-hydrogen) atoms. The third-order valence-electron chi connectivity index (χ3n) is 5.24. The molecule has 146 valence electrons. The summed E-state index contributed by atoms with van der Waals surface area (Å²) in [4.78, 5) is 10.2. The van der Waals surface area contributed by atoms with Gasteiger partial charge < -0.3 is 9.52 Å². The zero-order valence-corrected chi connectivity index (χ0v) is 16.5. The number of fused-ring (bicyclic) bond motifs is 3. The first kappa shape index (κ1) is 17.7. The molecule has 0 unspecified atom stereocenters. The van der Waals surface area contributed by atoms with Gasteiger partial charge in [-0.1, -0.05) is 23.5 Å². The molecule has 0 bridgehead atoms. The molecular formula is C19H22N6O2S. The molecule has 0 radical (unpaired) electrons. The molecule has 1 saturated heterocycles. The number of imidazole rings is 1. The minimum absolute atomic E-state index is 0.212. The number of rotatable bonds is 5. The molecule has 0 spiro atoms. The normalized spacial score (nSPS) is 16.5. The van der Waals surface area contributed by atoms with E-state index < -0.39 is 0 Å². The van der Waals surface area contributed by atoms with E-state index in [4.69, 9.17) is 14.5 Å². The predicted octanol–water partition coefficient (Wildman–Crippen LogP) is 2.02. The average molecular weight is 398 g/mol. The van der Waals surface area contributed by atoms with E-state index >= 15 is 0 Å². The highest BCUT2D eigenvalue weighted by molar-refractivity contribution is 7.23. The average Bonchev–Trinajstić information content (AvgIpc) is 3.37. The summed E-state index contributed by atoms with van der Waals surface area (Å²) in [5.74, 6) is 1.14. The van der Waals surface area contributed by atoms with E-state index in [2.05, 4.69) is 36.5 Å². The molecule has 8 nitrogen and oxygen atoms in total. The summed E-state index contributed by atoms with van der Waals surface area (Å²) < 4.78 is 9.34. The maximum Gasteiger partial charge on any atom is 0.266 e. The van der Waals surface area contributed by atoms with Gasteiger partial charge in [-0.25, -0.2) is 4.98 Å². The number of β-amino-alcohol motifs (C(OH)–C–C–N with tert-alkyl or cyclic N) is 1. The third kappa shape index (κ3) is 3.10. The molecule has 0 saturated carbocycles. The second kappa shape index (κ2) is 7.25. The molecule has 5 rings (SSSR count). The van der Waals surface area contributed by atoms with E-state index in [9.17, 15) is 0 Å². The maximum absolute atomic E-state index is 9.07. The molecule has 1 fully saturated rings. The van der Waals surface area contributed by atoms with Crippen LogP contribution < -0.4 is 0 Å². The lowest BCUT2D eigenvalue weighted by molar-refractivity contribution is 0.103. The van der Waals surface area contributed by atoms with Crippen LogP contribution in [0.25, 0.3) is 26.8 Å². The SMILES string of the molecule is Cc1nc2sc3ccccc3n2c1-c1nnc(CN2CCN(CCO)CC2)o1. The van der Waals surface area contributed by atoms with Crippen LogP contribution in [0.1, 0.15) is 11.6 Å². The predicted molar refractivity (Wildman–Crippen MR) is 107 cm³/mol. The third-order valence-corrected chi connectivity index (χ3v) is 6.26. The summed E-state index contributed by atoms with van der Waals surface area (Å²) in [6, 6.07) is 8.26. The molecule has 9 heteroatoms. The van der Waals surface area contributed by atoms with E-state index in [1.165, 1.54) is 4.70 Å². The minimum Gasteiger partial charge on any atom is -0.418 e. The highest BCUT2D eigenvalue weighted by Gasteiger charge is 2.22. The van der Waals surface area contributed by atoms with E-state index in [0.717, 1.165) is 54.6 Å². The van der Waals surface area contributed by atoms with Gasteiger partial charge in [-0.2, -0.15) is 0 Å². The number of aliphatic hydroxyl groups is 1. The Balaban J connectivity index is 1.40. The van der Waals surface area contributed by atoms with Crippen molar-refractivity contribution in [1.29, 1.82) is 0 Å². The smallest absolute Gasteiger partial charge is 0.266 e. The van der Waals surface area contributed by atoms with Gasteiger partial charge in [0, 0.05) is 32.7 Å². The molecule has 1 aliphatic heterocycles. The molecule has 1 aromatic carbocycles. The van der Waals surface area contributed by atoms with Crippen LogP contribution in [-0.2, 0) is 6.54 Å².